The second-order valence-electron chi connectivity index (χ2n) is 7.75. The SMILES string of the molecule is O=C(O)c1ccccc1N=Nc1c(S(=O)(=O)O)cc2cc(S(=O)(=O)O)c(N=Nc3ccccc3)c(O)c2c1O. The van der Waals surface area contributed by atoms with Crippen LogP contribution in [0, 0.1) is 0 Å². The molecule has 0 saturated carbocycles. The van der Waals surface area contributed by atoms with E-state index < -0.39 is 69.6 Å². The molecule has 200 valence electrons. The Morgan fingerprint density at radius 1 is 0.667 bits per heavy atom. The Labute approximate surface area is 219 Å². The lowest BCUT2D eigenvalue weighted by atomic mass is 10.1. The van der Waals surface area contributed by atoms with Gasteiger partial charge < -0.3 is 15.3 Å². The van der Waals surface area contributed by atoms with Gasteiger partial charge in [0.2, 0.25) is 0 Å². The summed E-state index contributed by atoms with van der Waals surface area (Å²) in [5, 5.41) is 44.9. The average Bonchev–Trinajstić information content (AvgIpc) is 2.86. The normalized spacial score (nSPS) is 12.5. The second kappa shape index (κ2) is 10.2. The highest BCUT2D eigenvalue weighted by molar-refractivity contribution is 7.86. The Morgan fingerprint density at radius 3 is 1.67 bits per heavy atom. The molecule has 0 amide bonds. The van der Waals surface area contributed by atoms with Crippen LogP contribution in [0.3, 0.4) is 0 Å². The van der Waals surface area contributed by atoms with E-state index in [-0.39, 0.29) is 16.9 Å². The molecular formula is C23H16N4O10S2. The van der Waals surface area contributed by atoms with Gasteiger partial charge in [-0.3, -0.25) is 9.11 Å². The molecular weight excluding hydrogens is 556 g/mol. The number of hydrogen-bond acceptors (Lipinski definition) is 11. The van der Waals surface area contributed by atoms with Crippen molar-refractivity contribution in [2.45, 2.75) is 9.79 Å². The van der Waals surface area contributed by atoms with E-state index in [4.69, 9.17) is 0 Å². The van der Waals surface area contributed by atoms with Gasteiger partial charge in [0, 0.05) is 0 Å². The summed E-state index contributed by atoms with van der Waals surface area (Å²) in [6.07, 6.45) is 0. The van der Waals surface area contributed by atoms with E-state index in [1.165, 1.54) is 36.4 Å². The maximum Gasteiger partial charge on any atom is 0.337 e. The summed E-state index contributed by atoms with van der Waals surface area (Å²) in [4.78, 5) is 9.40. The lowest BCUT2D eigenvalue weighted by Crippen LogP contribution is -2.02. The molecule has 4 rings (SSSR count). The van der Waals surface area contributed by atoms with Crippen molar-refractivity contribution in [3.8, 4) is 11.5 Å². The number of rotatable bonds is 7. The molecule has 39 heavy (non-hydrogen) atoms. The van der Waals surface area contributed by atoms with Crippen molar-refractivity contribution in [2.75, 3.05) is 0 Å². The smallest absolute Gasteiger partial charge is 0.337 e. The van der Waals surface area contributed by atoms with Crippen molar-refractivity contribution in [1.29, 1.82) is 0 Å². The number of benzene rings is 4. The fourth-order valence-corrected chi connectivity index (χ4v) is 4.81. The number of phenolic OH excluding ortho intramolecular Hbond substituents is 2. The second-order valence-corrected chi connectivity index (χ2v) is 10.5. The summed E-state index contributed by atoms with van der Waals surface area (Å²) in [7, 11) is -10.2. The van der Waals surface area contributed by atoms with Crippen LogP contribution in [0.4, 0.5) is 22.7 Å². The van der Waals surface area contributed by atoms with E-state index >= 15 is 0 Å². The number of carboxylic acids is 1. The molecule has 0 radical (unpaired) electrons. The zero-order valence-corrected chi connectivity index (χ0v) is 20.9. The zero-order chi connectivity index (χ0) is 28.5. The molecule has 0 bridgehead atoms. The van der Waals surface area contributed by atoms with Crippen LogP contribution in [-0.4, -0.2) is 47.2 Å². The number of hydrogen-bond donors (Lipinski definition) is 5. The Kier molecular flexibility index (Phi) is 7.12. The van der Waals surface area contributed by atoms with Gasteiger partial charge in [-0.15, -0.1) is 15.3 Å². The van der Waals surface area contributed by atoms with Crippen molar-refractivity contribution in [3.05, 3.63) is 72.3 Å². The molecule has 0 unspecified atom stereocenters. The van der Waals surface area contributed by atoms with Crippen molar-refractivity contribution in [2.24, 2.45) is 20.5 Å². The molecule has 0 aliphatic heterocycles. The molecule has 0 atom stereocenters. The molecule has 0 saturated heterocycles. The average molecular weight is 573 g/mol. The summed E-state index contributed by atoms with van der Waals surface area (Å²) in [6, 6.07) is 14.5. The molecule has 16 heteroatoms. The molecule has 0 aliphatic rings. The molecule has 4 aromatic carbocycles. The summed E-state index contributed by atoms with van der Waals surface area (Å²) >= 11 is 0. The third-order valence-electron chi connectivity index (χ3n) is 5.22. The molecule has 0 fully saturated rings. The number of aromatic hydroxyl groups is 2. The van der Waals surface area contributed by atoms with Gasteiger partial charge in [0.15, 0.2) is 11.5 Å². The molecule has 4 aromatic rings. The molecule has 5 N–H and O–H groups in total. The number of azo groups is 2. The van der Waals surface area contributed by atoms with E-state index in [2.05, 4.69) is 20.5 Å². The highest BCUT2D eigenvalue weighted by atomic mass is 32.2. The Bertz CT molecular complexity index is 1910. The van der Waals surface area contributed by atoms with Gasteiger partial charge in [0.05, 0.1) is 16.6 Å². The zero-order valence-electron chi connectivity index (χ0n) is 19.2. The lowest BCUT2D eigenvalue weighted by molar-refractivity contribution is 0.0697. The van der Waals surface area contributed by atoms with Gasteiger partial charge in [0.1, 0.15) is 26.9 Å². The van der Waals surface area contributed by atoms with Crippen molar-refractivity contribution in [1.82, 2.24) is 0 Å². The fourth-order valence-electron chi connectivity index (χ4n) is 3.50. The van der Waals surface area contributed by atoms with Crippen LogP contribution in [0.1, 0.15) is 10.4 Å². The molecule has 14 nitrogen and oxygen atoms in total. The van der Waals surface area contributed by atoms with E-state index in [1.54, 1.807) is 18.2 Å². The maximum atomic E-state index is 12.1. The van der Waals surface area contributed by atoms with E-state index in [1.807, 2.05) is 0 Å². The predicted octanol–water partition coefficient (Wildman–Crippen LogP) is 5.27. The summed E-state index contributed by atoms with van der Waals surface area (Å²) in [5.74, 6) is -3.51. The van der Waals surface area contributed by atoms with E-state index in [9.17, 15) is 46.1 Å². The number of phenols is 2. The van der Waals surface area contributed by atoms with Crippen LogP contribution >= 0.6 is 0 Å². The van der Waals surface area contributed by atoms with Crippen LogP contribution < -0.4 is 0 Å². The van der Waals surface area contributed by atoms with Crippen LogP contribution in [0.15, 0.2) is 97.0 Å². The number of fused-ring (bicyclic) bond motifs is 1. The van der Waals surface area contributed by atoms with Gasteiger partial charge >= 0.3 is 5.97 Å². The first-order valence-corrected chi connectivity index (χ1v) is 13.4. The highest BCUT2D eigenvalue weighted by Gasteiger charge is 2.28. The third kappa shape index (κ3) is 5.58. The third-order valence-corrected chi connectivity index (χ3v) is 6.95. The van der Waals surface area contributed by atoms with Crippen LogP contribution in [-0.2, 0) is 20.2 Å². The number of carboxylic acid groups (broad SMARTS) is 1. The van der Waals surface area contributed by atoms with E-state index in [0.717, 1.165) is 0 Å². The first-order chi connectivity index (χ1) is 18.3. The Balaban J connectivity index is 2.04. The Hall–Kier alpha value is -4.77. The monoisotopic (exact) mass is 572 g/mol. The number of nitrogens with zero attached hydrogens (tertiary/aromatic N) is 4. The minimum absolute atomic E-state index is 0.232. The van der Waals surface area contributed by atoms with Crippen LogP contribution in [0.2, 0.25) is 0 Å². The van der Waals surface area contributed by atoms with Crippen molar-refractivity contribution in [3.63, 3.8) is 0 Å². The number of carbonyl (C=O) groups is 1. The summed E-state index contributed by atoms with van der Waals surface area (Å²) in [6.45, 7) is 0. The van der Waals surface area contributed by atoms with Gasteiger partial charge in [-0.25, -0.2) is 4.79 Å². The summed E-state index contributed by atoms with van der Waals surface area (Å²) < 4.78 is 67.9. The van der Waals surface area contributed by atoms with E-state index in [0.29, 0.717) is 12.1 Å². The van der Waals surface area contributed by atoms with Crippen LogP contribution in [0.25, 0.3) is 10.8 Å². The maximum absolute atomic E-state index is 12.1. The standard InChI is InChI=1S/C23H16N4O10S2/c28-21-18-12(10-16(38(32,33)34)19(21)26-24-13-6-2-1-3-7-13)11-17(39(35,36)37)20(22(18)29)27-25-15-9-5-4-8-14(15)23(30)31/h1-11,28-29H,(H,30,31)(H,32,33,34)(H,35,36,37). The number of aromatic carboxylic acids is 1. The molecule has 0 aliphatic carbocycles. The predicted molar refractivity (Wildman–Crippen MR) is 135 cm³/mol. The topological polar surface area (TPSA) is 236 Å². The fraction of sp³-hybridized carbons (Fsp3) is 0. The quantitative estimate of drug-likeness (QED) is 0.142. The minimum Gasteiger partial charge on any atom is -0.505 e. The van der Waals surface area contributed by atoms with Gasteiger partial charge in [-0.2, -0.15) is 21.9 Å². The Morgan fingerprint density at radius 2 is 1.15 bits per heavy atom. The van der Waals surface area contributed by atoms with Gasteiger partial charge in [-0.1, -0.05) is 30.3 Å². The molecule has 0 heterocycles. The minimum atomic E-state index is -5.16. The van der Waals surface area contributed by atoms with Gasteiger partial charge in [-0.05, 0) is 41.8 Å². The van der Waals surface area contributed by atoms with Crippen molar-refractivity contribution >= 4 is 59.7 Å². The molecule has 0 aromatic heterocycles. The lowest BCUT2D eigenvalue weighted by Gasteiger charge is -2.13. The summed E-state index contributed by atoms with van der Waals surface area (Å²) in [5.41, 5.74) is -2.04. The van der Waals surface area contributed by atoms with Crippen molar-refractivity contribution < 1.29 is 46.1 Å². The first kappa shape index (κ1) is 27.3. The van der Waals surface area contributed by atoms with Crippen LogP contribution in [0.5, 0.6) is 11.5 Å². The van der Waals surface area contributed by atoms with Gasteiger partial charge in [0.25, 0.3) is 20.2 Å². The molecule has 0 spiro atoms. The highest BCUT2D eigenvalue weighted by Crippen LogP contribution is 2.50. The largest absolute Gasteiger partial charge is 0.505 e. The first-order valence-electron chi connectivity index (χ1n) is 10.5.